The van der Waals surface area contributed by atoms with Crippen molar-refractivity contribution in [2.75, 3.05) is 20.3 Å². The molecule has 0 bridgehead atoms. The zero-order valence-corrected chi connectivity index (χ0v) is 17.4. The maximum absolute atomic E-state index is 6.46. The van der Waals surface area contributed by atoms with Crippen LogP contribution < -0.4 is 19.5 Å². The largest absolute Gasteiger partial charge is 0.493 e. The van der Waals surface area contributed by atoms with Crippen LogP contribution in [-0.4, -0.2) is 25.2 Å². The molecule has 6 heteroatoms. The highest BCUT2D eigenvalue weighted by Crippen LogP contribution is 2.34. The van der Waals surface area contributed by atoms with Crippen LogP contribution in [0.1, 0.15) is 16.7 Å². The summed E-state index contributed by atoms with van der Waals surface area (Å²) >= 11 is 6.46. The Hall–Kier alpha value is -2.76. The first-order chi connectivity index (χ1) is 14.2. The maximum atomic E-state index is 6.46. The Morgan fingerprint density at radius 1 is 0.966 bits per heavy atom. The zero-order chi connectivity index (χ0) is 20.5. The summed E-state index contributed by atoms with van der Waals surface area (Å²) in [5.41, 5.74) is 3.25. The maximum Gasteiger partial charge on any atom is 0.213 e. The van der Waals surface area contributed by atoms with E-state index in [1.165, 1.54) is 5.56 Å². The third kappa shape index (κ3) is 6.11. The number of methoxy groups -OCH3 is 1. The smallest absolute Gasteiger partial charge is 0.213 e. The van der Waals surface area contributed by atoms with E-state index < -0.39 is 0 Å². The summed E-state index contributed by atoms with van der Waals surface area (Å²) in [6, 6.07) is 17.4. The summed E-state index contributed by atoms with van der Waals surface area (Å²) in [5, 5.41) is 3.94. The van der Waals surface area contributed by atoms with Crippen LogP contribution in [0.5, 0.6) is 17.4 Å². The Bertz CT molecular complexity index is 919. The van der Waals surface area contributed by atoms with E-state index in [-0.39, 0.29) is 0 Å². The molecule has 5 nitrogen and oxygen atoms in total. The van der Waals surface area contributed by atoms with Gasteiger partial charge in [0.05, 0.1) is 7.11 Å². The zero-order valence-electron chi connectivity index (χ0n) is 16.7. The summed E-state index contributed by atoms with van der Waals surface area (Å²) in [5.74, 6) is 1.90. The average molecular weight is 413 g/mol. The monoisotopic (exact) mass is 412 g/mol. The van der Waals surface area contributed by atoms with E-state index in [1.54, 1.807) is 19.4 Å². The lowest BCUT2D eigenvalue weighted by atomic mass is 10.1. The summed E-state index contributed by atoms with van der Waals surface area (Å²) in [4.78, 5) is 4.12. The van der Waals surface area contributed by atoms with Crippen molar-refractivity contribution in [1.82, 2.24) is 10.3 Å². The summed E-state index contributed by atoms with van der Waals surface area (Å²) in [6.45, 7) is 4.31. The number of nitrogens with zero attached hydrogens (tertiary/aromatic N) is 1. The predicted molar refractivity (Wildman–Crippen MR) is 115 cm³/mol. The first kappa shape index (κ1) is 21.0. The summed E-state index contributed by atoms with van der Waals surface area (Å²) in [6.07, 6.45) is 1.71. The van der Waals surface area contributed by atoms with Crippen molar-refractivity contribution in [3.63, 3.8) is 0 Å². The van der Waals surface area contributed by atoms with E-state index in [2.05, 4.69) is 29.4 Å². The van der Waals surface area contributed by atoms with Crippen LogP contribution in [0.3, 0.4) is 0 Å². The molecule has 0 radical (unpaired) electrons. The molecule has 1 N–H and O–H groups in total. The molecule has 152 valence electrons. The third-order valence-electron chi connectivity index (χ3n) is 4.46. The van der Waals surface area contributed by atoms with Gasteiger partial charge < -0.3 is 19.5 Å². The quantitative estimate of drug-likeness (QED) is 0.485. The third-order valence-corrected chi connectivity index (χ3v) is 4.81. The fourth-order valence-electron chi connectivity index (χ4n) is 2.80. The van der Waals surface area contributed by atoms with Crippen LogP contribution in [0.4, 0.5) is 0 Å². The van der Waals surface area contributed by atoms with Gasteiger partial charge in [-0.1, -0.05) is 41.9 Å². The van der Waals surface area contributed by atoms with Gasteiger partial charge in [-0.25, -0.2) is 4.98 Å². The van der Waals surface area contributed by atoms with Gasteiger partial charge in [0.1, 0.15) is 13.2 Å². The highest BCUT2D eigenvalue weighted by molar-refractivity contribution is 6.31. The minimum atomic E-state index is 0.460. The Morgan fingerprint density at radius 2 is 1.79 bits per heavy atom. The lowest BCUT2D eigenvalue weighted by molar-refractivity contribution is 0.283. The summed E-state index contributed by atoms with van der Waals surface area (Å²) in [7, 11) is 1.63. The van der Waals surface area contributed by atoms with Crippen LogP contribution in [0.15, 0.2) is 60.8 Å². The van der Waals surface area contributed by atoms with Crippen molar-refractivity contribution in [3.05, 3.63) is 82.5 Å². The minimum Gasteiger partial charge on any atom is -0.493 e. The van der Waals surface area contributed by atoms with E-state index >= 15 is 0 Å². The second-order valence-electron chi connectivity index (χ2n) is 6.50. The molecule has 0 fully saturated rings. The average Bonchev–Trinajstić information content (AvgIpc) is 2.74. The molecule has 0 amide bonds. The fraction of sp³-hybridized carbons (Fsp3) is 0.261. The lowest BCUT2D eigenvalue weighted by Crippen LogP contribution is -2.21. The van der Waals surface area contributed by atoms with E-state index in [9.17, 15) is 0 Å². The molecule has 0 unspecified atom stereocenters. The Morgan fingerprint density at radius 3 is 2.55 bits per heavy atom. The Kier molecular flexibility index (Phi) is 7.73. The summed E-state index contributed by atoms with van der Waals surface area (Å²) < 4.78 is 17.0. The van der Waals surface area contributed by atoms with Crippen molar-refractivity contribution in [2.24, 2.45) is 0 Å². The van der Waals surface area contributed by atoms with Gasteiger partial charge in [-0.3, -0.25) is 0 Å². The minimum absolute atomic E-state index is 0.460. The Balaban J connectivity index is 1.54. The molecule has 0 saturated heterocycles. The molecule has 0 aliphatic carbocycles. The topological polar surface area (TPSA) is 52.6 Å². The molecule has 0 spiro atoms. The van der Waals surface area contributed by atoms with Crippen LogP contribution in [0, 0.1) is 6.92 Å². The molecular formula is C23H25ClN2O3. The number of nitrogens with one attached hydrogen (secondary N) is 1. The number of ether oxygens (including phenoxy) is 3. The van der Waals surface area contributed by atoms with Crippen LogP contribution in [0.2, 0.25) is 5.02 Å². The fourth-order valence-corrected chi connectivity index (χ4v) is 3.02. The van der Waals surface area contributed by atoms with Gasteiger partial charge in [0.15, 0.2) is 11.5 Å². The van der Waals surface area contributed by atoms with Crippen molar-refractivity contribution in [2.45, 2.75) is 20.1 Å². The predicted octanol–water partition coefficient (Wildman–Crippen LogP) is 4.80. The normalized spacial score (nSPS) is 10.6. The van der Waals surface area contributed by atoms with E-state index in [0.29, 0.717) is 48.7 Å². The number of benzene rings is 2. The van der Waals surface area contributed by atoms with E-state index in [4.69, 9.17) is 25.8 Å². The SMILES string of the molecule is COc1cc(CNCCOc2ccccn2)c(Cl)cc1OCc1ccccc1C. The molecule has 0 aliphatic rings. The highest BCUT2D eigenvalue weighted by atomic mass is 35.5. The number of pyridine rings is 1. The van der Waals surface area contributed by atoms with E-state index in [1.807, 2.05) is 36.4 Å². The van der Waals surface area contributed by atoms with Crippen molar-refractivity contribution >= 4 is 11.6 Å². The van der Waals surface area contributed by atoms with Gasteiger partial charge in [-0.05, 0) is 35.7 Å². The molecule has 3 aromatic rings. The second-order valence-corrected chi connectivity index (χ2v) is 6.91. The standard InChI is InChI=1S/C23H25ClN2O3/c1-17-7-3-4-8-18(17)16-29-22-14-20(24)19(13-21(22)27-2)15-25-11-12-28-23-9-5-6-10-26-23/h3-10,13-14,25H,11-12,15-16H2,1-2H3. The van der Waals surface area contributed by atoms with Gasteiger partial charge >= 0.3 is 0 Å². The highest BCUT2D eigenvalue weighted by Gasteiger charge is 2.11. The van der Waals surface area contributed by atoms with Crippen LogP contribution in [0.25, 0.3) is 0 Å². The molecule has 2 aromatic carbocycles. The van der Waals surface area contributed by atoms with Gasteiger partial charge in [-0.15, -0.1) is 0 Å². The van der Waals surface area contributed by atoms with Gasteiger partial charge in [0.25, 0.3) is 0 Å². The first-order valence-corrected chi connectivity index (χ1v) is 9.83. The number of halogens is 1. The molecular weight excluding hydrogens is 388 g/mol. The molecule has 29 heavy (non-hydrogen) atoms. The van der Waals surface area contributed by atoms with Crippen molar-refractivity contribution in [3.8, 4) is 17.4 Å². The molecule has 0 saturated carbocycles. The van der Waals surface area contributed by atoms with Crippen LogP contribution >= 0.6 is 11.6 Å². The number of aryl methyl sites for hydroxylation is 1. The van der Waals surface area contributed by atoms with Crippen molar-refractivity contribution < 1.29 is 14.2 Å². The number of aromatic nitrogens is 1. The second kappa shape index (κ2) is 10.7. The molecule has 0 atom stereocenters. The Labute approximate surface area is 176 Å². The van der Waals surface area contributed by atoms with E-state index in [0.717, 1.165) is 11.1 Å². The first-order valence-electron chi connectivity index (χ1n) is 9.45. The molecule has 1 aromatic heterocycles. The van der Waals surface area contributed by atoms with Gasteiger partial charge in [0, 0.05) is 36.4 Å². The lowest BCUT2D eigenvalue weighted by Gasteiger charge is -2.15. The van der Waals surface area contributed by atoms with Gasteiger partial charge in [0.2, 0.25) is 5.88 Å². The van der Waals surface area contributed by atoms with Crippen LogP contribution in [-0.2, 0) is 13.2 Å². The number of hydrogen-bond acceptors (Lipinski definition) is 5. The molecule has 0 aliphatic heterocycles. The molecule has 3 rings (SSSR count). The number of rotatable bonds is 10. The molecule has 1 heterocycles. The van der Waals surface area contributed by atoms with Gasteiger partial charge in [-0.2, -0.15) is 0 Å². The van der Waals surface area contributed by atoms with Crippen molar-refractivity contribution in [1.29, 1.82) is 0 Å². The number of hydrogen-bond donors (Lipinski definition) is 1.